The summed E-state index contributed by atoms with van der Waals surface area (Å²) < 4.78 is 1.37. The maximum absolute atomic E-state index is 13.0. The molecule has 9 nitrogen and oxygen atoms in total. The number of aliphatic hydroxyl groups excluding tert-OH is 2. The number of nitrogen functional groups attached to an aromatic ring is 1. The van der Waals surface area contributed by atoms with E-state index >= 15 is 0 Å². The summed E-state index contributed by atoms with van der Waals surface area (Å²) in [6, 6.07) is 3.56. The second kappa shape index (κ2) is 7.53. The van der Waals surface area contributed by atoms with E-state index in [9.17, 15) is 9.90 Å². The Labute approximate surface area is 161 Å². The summed E-state index contributed by atoms with van der Waals surface area (Å²) in [5.74, 6) is 0.595. The summed E-state index contributed by atoms with van der Waals surface area (Å²) in [4.78, 5) is 25.7. The van der Waals surface area contributed by atoms with Crippen molar-refractivity contribution >= 4 is 22.5 Å². The quantitative estimate of drug-likeness (QED) is 0.511. The molecular weight excluding hydrogens is 360 g/mol. The number of aromatic nitrogens is 4. The number of aliphatic hydroxyl groups is 2. The van der Waals surface area contributed by atoms with Crippen LogP contribution < -0.4 is 16.6 Å². The third-order valence-corrected chi connectivity index (χ3v) is 4.04. The molecule has 0 saturated heterocycles. The Bertz CT molecular complexity index is 1040. The monoisotopic (exact) mass is 384 g/mol. The van der Waals surface area contributed by atoms with Crippen molar-refractivity contribution in [1.82, 2.24) is 19.5 Å². The van der Waals surface area contributed by atoms with Gasteiger partial charge in [0.1, 0.15) is 5.82 Å². The maximum Gasteiger partial charge on any atom is 0.262 e. The summed E-state index contributed by atoms with van der Waals surface area (Å²) in [5.41, 5.74) is 6.20. The summed E-state index contributed by atoms with van der Waals surface area (Å²) in [5, 5.41) is 23.2. The maximum atomic E-state index is 13.0. The van der Waals surface area contributed by atoms with E-state index in [1.54, 1.807) is 30.7 Å². The highest BCUT2D eigenvalue weighted by Crippen LogP contribution is 2.27. The Balaban J connectivity index is 2.21. The largest absolute Gasteiger partial charge is 0.394 e. The number of nitrogens with one attached hydrogen (secondary N) is 1. The number of fused-ring (bicyclic) bond motifs is 1. The van der Waals surface area contributed by atoms with Crippen LogP contribution >= 0.6 is 0 Å². The van der Waals surface area contributed by atoms with Gasteiger partial charge < -0.3 is 25.8 Å². The van der Waals surface area contributed by atoms with Crippen LogP contribution in [0.3, 0.4) is 0 Å². The molecule has 9 heteroatoms. The lowest BCUT2D eigenvalue weighted by Crippen LogP contribution is -2.31. The minimum absolute atomic E-state index is 0.00617. The molecule has 3 heterocycles. The van der Waals surface area contributed by atoms with Gasteiger partial charge in [-0.15, -0.1) is 0 Å². The Morgan fingerprint density at radius 3 is 2.57 bits per heavy atom. The smallest absolute Gasteiger partial charge is 0.262 e. The highest BCUT2D eigenvalue weighted by atomic mass is 16.3. The van der Waals surface area contributed by atoms with E-state index in [2.05, 4.69) is 20.3 Å². The van der Waals surface area contributed by atoms with Crippen LogP contribution in [0, 0.1) is 0 Å². The van der Waals surface area contributed by atoms with Crippen molar-refractivity contribution < 1.29 is 10.2 Å². The first-order valence-corrected chi connectivity index (χ1v) is 8.87. The zero-order valence-electron chi connectivity index (χ0n) is 16.0. The molecule has 0 aliphatic rings. The molecule has 0 aliphatic heterocycles. The summed E-state index contributed by atoms with van der Waals surface area (Å²) in [6.45, 7) is 5.48. The Kier molecular flexibility index (Phi) is 5.30. The van der Waals surface area contributed by atoms with E-state index in [4.69, 9.17) is 10.8 Å². The molecule has 0 saturated carbocycles. The van der Waals surface area contributed by atoms with E-state index in [-0.39, 0.29) is 23.6 Å². The van der Waals surface area contributed by atoms with Crippen LogP contribution in [0.5, 0.6) is 0 Å². The first-order chi connectivity index (χ1) is 13.2. The van der Waals surface area contributed by atoms with E-state index in [1.807, 2.05) is 20.8 Å². The second-order valence-corrected chi connectivity index (χ2v) is 7.63. The van der Waals surface area contributed by atoms with Gasteiger partial charge in [-0.1, -0.05) is 0 Å². The molecular formula is C19H24N6O3. The van der Waals surface area contributed by atoms with Gasteiger partial charge in [-0.2, -0.15) is 0 Å². The van der Waals surface area contributed by atoms with Gasteiger partial charge in [0, 0.05) is 29.7 Å². The Morgan fingerprint density at radius 2 is 1.96 bits per heavy atom. The van der Waals surface area contributed by atoms with Gasteiger partial charge in [-0.3, -0.25) is 4.79 Å². The fraction of sp³-hybridized carbons (Fsp3) is 0.368. The Morgan fingerprint density at radius 1 is 1.29 bits per heavy atom. The molecule has 28 heavy (non-hydrogen) atoms. The molecule has 148 valence electrons. The van der Waals surface area contributed by atoms with E-state index in [1.165, 1.54) is 4.57 Å². The molecule has 1 atom stereocenters. The van der Waals surface area contributed by atoms with Crippen LogP contribution in [0.15, 0.2) is 35.5 Å². The lowest BCUT2D eigenvalue weighted by atomic mass is 10.1. The highest BCUT2D eigenvalue weighted by Gasteiger charge is 2.18. The van der Waals surface area contributed by atoms with Gasteiger partial charge in [0.2, 0.25) is 5.95 Å². The standard InChI is InChI=1S/C19H24N6O3/c1-19(2,3)24-16-15-11(4-5-25(17(15)28)9-13(27)10-26)6-14(23-16)12-7-21-18(20)22-8-12/h4-8,13,26-27H,9-10H2,1-3H3,(H,23,24)(H2,20,21,22)/t13-/m1/s1. The Hall–Kier alpha value is -3.04. The molecule has 0 radical (unpaired) electrons. The molecule has 0 aliphatic carbocycles. The fourth-order valence-corrected chi connectivity index (χ4v) is 2.79. The van der Waals surface area contributed by atoms with Crippen LogP contribution in [0.25, 0.3) is 22.0 Å². The third-order valence-electron chi connectivity index (χ3n) is 4.04. The summed E-state index contributed by atoms with van der Waals surface area (Å²) >= 11 is 0. The zero-order valence-corrected chi connectivity index (χ0v) is 16.0. The van der Waals surface area contributed by atoms with E-state index < -0.39 is 12.7 Å². The van der Waals surface area contributed by atoms with Crippen molar-refractivity contribution in [3.8, 4) is 11.3 Å². The predicted molar refractivity (Wildman–Crippen MR) is 108 cm³/mol. The molecule has 0 spiro atoms. The summed E-state index contributed by atoms with van der Waals surface area (Å²) in [6.07, 6.45) is 3.73. The number of nitrogens with two attached hydrogens (primary N) is 1. The van der Waals surface area contributed by atoms with Gasteiger partial charge in [-0.05, 0) is 38.3 Å². The van der Waals surface area contributed by atoms with Gasteiger partial charge >= 0.3 is 0 Å². The minimum Gasteiger partial charge on any atom is -0.394 e. The van der Waals surface area contributed by atoms with Gasteiger partial charge in [0.25, 0.3) is 5.56 Å². The number of rotatable bonds is 5. The van der Waals surface area contributed by atoms with Gasteiger partial charge in [0.05, 0.1) is 30.3 Å². The molecule has 3 rings (SSSR count). The van der Waals surface area contributed by atoms with Gasteiger partial charge in [0.15, 0.2) is 0 Å². The lowest BCUT2D eigenvalue weighted by molar-refractivity contribution is 0.0805. The summed E-state index contributed by atoms with van der Waals surface area (Å²) in [7, 11) is 0. The van der Waals surface area contributed by atoms with Crippen LogP contribution in [0.4, 0.5) is 11.8 Å². The second-order valence-electron chi connectivity index (χ2n) is 7.63. The number of pyridine rings is 2. The molecule has 5 N–H and O–H groups in total. The SMILES string of the molecule is CC(C)(C)Nc1nc(-c2cnc(N)nc2)cc2ccn(C[C@@H](O)CO)c(=O)c12. The highest BCUT2D eigenvalue weighted by molar-refractivity contribution is 5.94. The van der Waals surface area contributed by atoms with E-state index in [0.29, 0.717) is 27.8 Å². The van der Waals surface area contributed by atoms with Crippen molar-refractivity contribution in [2.75, 3.05) is 17.7 Å². The molecule has 0 amide bonds. The van der Waals surface area contributed by atoms with Crippen molar-refractivity contribution in [3.63, 3.8) is 0 Å². The average molecular weight is 384 g/mol. The number of anilines is 2. The van der Waals surface area contributed by atoms with E-state index in [0.717, 1.165) is 0 Å². The van der Waals surface area contributed by atoms with Crippen LogP contribution in [-0.2, 0) is 6.54 Å². The number of nitrogens with zero attached hydrogens (tertiary/aromatic N) is 4. The minimum atomic E-state index is -1.02. The third kappa shape index (κ3) is 4.26. The van der Waals surface area contributed by atoms with Crippen LogP contribution in [0.1, 0.15) is 20.8 Å². The number of hydrogen-bond donors (Lipinski definition) is 4. The van der Waals surface area contributed by atoms with Crippen molar-refractivity contribution in [1.29, 1.82) is 0 Å². The average Bonchev–Trinajstić information content (AvgIpc) is 2.62. The van der Waals surface area contributed by atoms with Crippen LogP contribution in [-0.4, -0.2) is 48.0 Å². The fourth-order valence-electron chi connectivity index (χ4n) is 2.79. The first-order valence-electron chi connectivity index (χ1n) is 8.87. The molecule has 0 bridgehead atoms. The van der Waals surface area contributed by atoms with Gasteiger partial charge in [-0.25, -0.2) is 15.0 Å². The van der Waals surface area contributed by atoms with Crippen molar-refractivity contribution in [2.45, 2.75) is 39.0 Å². The molecule has 3 aromatic heterocycles. The lowest BCUT2D eigenvalue weighted by Gasteiger charge is -2.23. The molecule has 0 fully saturated rings. The zero-order chi connectivity index (χ0) is 20.5. The molecule has 0 unspecified atom stereocenters. The molecule has 0 aromatic carbocycles. The van der Waals surface area contributed by atoms with Crippen molar-refractivity contribution in [3.05, 3.63) is 41.1 Å². The normalized spacial score (nSPS) is 12.9. The van der Waals surface area contributed by atoms with Crippen molar-refractivity contribution in [2.24, 2.45) is 0 Å². The number of hydrogen-bond acceptors (Lipinski definition) is 8. The topological polar surface area (TPSA) is 139 Å². The van der Waals surface area contributed by atoms with Crippen LogP contribution in [0.2, 0.25) is 0 Å². The molecule has 3 aromatic rings. The predicted octanol–water partition coefficient (Wildman–Crippen LogP) is 0.999. The first kappa shape index (κ1) is 19.7.